The lowest BCUT2D eigenvalue weighted by Crippen LogP contribution is -2.45. The maximum Gasteiger partial charge on any atom is 0.270 e. The number of hydrogen-bond acceptors (Lipinski definition) is 5. The van der Waals surface area contributed by atoms with Crippen LogP contribution in [-0.2, 0) is 0 Å². The van der Waals surface area contributed by atoms with Crippen LogP contribution in [0.15, 0.2) is 35.8 Å². The molecule has 0 aliphatic heterocycles. The van der Waals surface area contributed by atoms with Crippen LogP contribution in [0.25, 0.3) is 10.2 Å². The number of hydrogen-bond donors (Lipinski definition) is 1. The maximum atomic E-state index is 12.9. The number of thiophene rings is 1. The summed E-state index contributed by atoms with van der Waals surface area (Å²) in [5.74, 6) is 0.849. The number of rotatable bonds is 4. The Morgan fingerprint density at radius 3 is 2.92 bits per heavy atom. The number of carbonyl (C=O) groups is 1. The number of nitrogens with zero attached hydrogens (tertiary/aromatic N) is 2. The molecule has 1 aliphatic rings. The van der Waals surface area contributed by atoms with Crippen molar-refractivity contribution < 1.29 is 13.9 Å². The molecule has 0 atom stereocenters. The van der Waals surface area contributed by atoms with Crippen LogP contribution in [0.1, 0.15) is 29.0 Å². The zero-order chi connectivity index (χ0) is 17.4. The van der Waals surface area contributed by atoms with Crippen LogP contribution in [0.2, 0.25) is 0 Å². The van der Waals surface area contributed by atoms with Gasteiger partial charge < -0.3 is 10.1 Å². The van der Waals surface area contributed by atoms with E-state index >= 15 is 0 Å². The van der Waals surface area contributed by atoms with Gasteiger partial charge >= 0.3 is 0 Å². The van der Waals surface area contributed by atoms with E-state index in [9.17, 15) is 9.18 Å². The largest absolute Gasteiger partial charge is 0.454 e. The normalized spacial score (nSPS) is 19.4. The highest BCUT2D eigenvalue weighted by molar-refractivity contribution is 7.17. The molecule has 4 rings (SSSR count). The van der Waals surface area contributed by atoms with E-state index in [1.807, 2.05) is 30.5 Å². The summed E-state index contributed by atoms with van der Waals surface area (Å²) < 4.78 is 19.7. The molecule has 0 saturated heterocycles. The molecule has 7 heteroatoms. The van der Waals surface area contributed by atoms with Crippen molar-refractivity contribution in [3.63, 3.8) is 0 Å². The molecule has 25 heavy (non-hydrogen) atoms. The van der Waals surface area contributed by atoms with Crippen LogP contribution in [0.5, 0.6) is 11.5 Å². The van der Waals surface area contributed by atoms with Crippen LogP contribution in [-0.4, -0.2) is 28.1 Å². The van der Waals surface area contributed by atoms with E-state index < -0.39 is 6.17 Å². The van der Waals surface area contributed by atoms with Crippen LogP contribution in [0.4, 0.5) is 4.39 Å². The van der Waals surface area contributed by atoms with Crippen LogP contribution < -0.4 is 10.1 Å². The minimum atomic E-state index is -0.814. The van der Waals surface area contributed by atoms with Crippen molar-refractivity contribution in [2.75, 3.05) is 0 Å². The molecule has 5 nitrogen and oxygen atoms in total. The minimum Gasteiger partial charge on any atom is -0.454 e. The SMILES string of the molecule is Cc1ccc(Oc2cc(C(=O)NC3CC(F)C3)nc3ccsc23)cn1. The third-order valence-electron chi connectivity index (χ3n) is 4.14. The molecule has 0 aromatic carbocycles. The van der Waals surface area contributed by atoms with Gasteiger partial charge in [0.2, 0.25) is 0 Å². The smallest absolute Gasteiger partial charge is 0.270 e. The summed E-state index contributed by atoms with van der Waals surface area (Å²) in [7, 11) is 0. The summed E-state index contributed by atoms with van der Waals surface area (Å²) in [5.41, 5.74) is 1.86. The number of ether oxygens (including phenoxy) is 1. The number of halogens is 1. The molecular formula is C18H16FN3O2S. The van der Waals surface area contributed by atoms with Gasteiger partial charge in [-0.05, 0) is 43.3 Å². The van der Waals surface area contributed by atoms with E-state index in [1.165, 1.54) is 11.3 Å². The zero-order valence-electron chi connectivity index (χ0n) is 13.5. The molecule has 0 bridgehead atoms. The van der Waals surface area contributed by atoms with Crippen LogP contribution in [0.3, 0.4) is 0 Å². The quantitative estimate of drug-likeness (QED) is 0.766. The molecule has 0 unspecified atom stereocenters. The first-order valence-electron chi connectivity index (χ1n) is 8.02. The van der Waals surface area contributed by atoms with Gasteiger partial charge in [-0.1, -0.05) is 0 Å². The predicted octanol–water partition coefficient (Wildman–Crippen LogP) is 4.02. The summed E-state index contributed by atoms with van der Waals surface area (Å²) in [6, 6.07) is 7.04. The lowest BCUT2D eigenvalue weighted by Gasteiger charge is -2.30. The van der Waals surface area contributed by atoms with Crippen LogP contribution >= 0.6 is 11.3 Å². The summed E-state index contributed by atoms with van der Waals surface area (Å²) in [4.78, 5) is 21.0. The number of aryl methyl sites for hydroxylation is 1. The summed E-state index contributed by atoms with van der Waals surface area (Å²) in [6.45, 7) is 1.90. The van der Waals surface area contributed by atoms with Gasteiger partial charge in [-0.25, -0.2) is 9.37 Å². The average Bonchev–Trinajstić information content (AvgIpc) is 3.04. The van der Waals surface area contributed by atoms with Gasteiger partial charge in [0.1, 0.15) is 23.4 Å². The minimum absolute atomic E-state index is 0.117. The van der Waals surface area contributed by atoms with Gasteiger partial charge in [0.25, 0.3) is 5.91 Å². The third kappa shape index (κ3) is 3.32. The zero-order valence-corrected chi connectivity index (χ0v) is 14.3. The fourth-order valence-corrected chi connectivity index (χ4v) is 3.47. The third-order valence-corrected chi connectivity index (χ3v) is 5.06. The Hall–Kier alpha value is -2.54. The molecular weight excluding hydrogens is 341 g/mol. The fourth-order valence-electron chi connectivity index (χ4n) is 2.69. The van der Waals surface area contributed by atoms with Gasteiger partial charge in [0.05, 0.1) is 16.4 Å². The second kappa shape index (κ2) is 6.40. The maximum absolute atomic E-state index is 12.9. The number of pyridine rings is 2. The summed E-state index contributed by atoms with van der Waals surface area (Å²) >= 11 is 1.50. The van der Waals surface area contributed by atoms with Gasteiger partial charge in [-0.15, -0.1) is 11.3 Å². The van der Waals surface area contributed by atoms with Crippen molar-refractivity contribution in [1.82, 2.24) is 15.3 Å². The summed E-state index contributed by atoms with van der Waals surface area (Å²) in [5, 5.41) is 4.71. The second-order valence-electron chi connectivity index (χ2n) is 6.12. The molecule has 1 fully saturated rings. The first kappa shape index (κ1) is 16.0. The first-order chi connectivity index (χ1) is 12.1. The fraction of sp³-hybridized carbons (Fsp3) is 0.278. The van der Waals surface area contributed by atoms with Crippen molar-refractivity contribution in [2.24, 2.45) is 0 Å². The number of fused-ring (bicyclic) bond motifs is 1. The van der Waals surface area contributed by atoms with E-state index in [0.717, 1.165) is 10.4 Å². The van der Waals surface area contributed by atoms with Crippen LogP contribution in [0, 0.1) is 6.92 Å². The van der Waals surface area contributed by atoms with E-state index in [0.29, 0.717) is 29.9 Å². The van der Waals surface area contributed by atoms with E-state index in [-0.39, 0.29) is 17.6 Å². The molecule has 3 aromatic heterocycles. The second-order valence-corrected chi connectivity index (χ2v) is 7.03. The lowest BCUT2D eigenvalue weighted by atomic mass is 9.91. The van der Waals surface area contributed by atoms with Crippen molar-refractivity contribution >= 4 is 27.5 Å². The molecule has 3 aromatic rings. The predicted molar refractivity (Wildman–Crippen MR) is 94.1 cm³/mol. The molecule has 0 radical (unpaired) electrons. The lowest BCUT2D eigenvalue weighted by molar-refractivity contribution is 0.0855. The average molecular weight is 357 g/mol. The standard InChI is InChI=1S/C18H16FN3O2S/c1-10-2-3-13(9-20-10)24-16-8-15(22-14-4-5-25-17(14)16)18(23)21-12-6-11(19)7-12/h2-5,8-9,11-12H,6-7H2,1H3,(H,21,23). The van der Waals surface area contributed by atoms with Gasteiger partial charge in [0, 0.05) is 17.8 Å². The van der Waals surface area contributed by atoms with E-state index in [2.05, 4.69) is 15.3 Å². The highest BCUT2D eigenvalue weighted by atomic mass is 32.1. The topological polar surface area (TPSA) is 64.1 Å². The molecule has 1 aliphatic carbocycles. The molecule has 128 valence electrons. The Balaban J connectivity index is 1.62. The van der Waals surface area contributed by atoms with Gasteiger partial charge in [-0.3, -0.25) is 9.78 Å². The molecule has 1 saturated carbocycles. The highest BCUT2D eigenvalue weighted by Gasteiger charge is 2.30. The Bertz CT molecular complexity index is 920. The Labute approximate surface area is 147 Å². The monoisotopic (exact) mass is 357 g/mol. The van der Waals surface area contributed by atoms with Crippen molar-refractivity contribution in [3.05, 3.63) is 47.2 Å². The number of nitrogens with one attached hydrogen (secondary N) is 1. The van der Waals surface area contributed by atoms with E-state index in [4.69, 9.17) is 4.74 Å². The van der Waals surface area contributed by atoms with Gasteiger partial charge in [-0.2, -0.15) is 0 Å². The Kier molecular flexibility index (Phi) is 4.09. The van der Waals surface area contributed by atoms with Crippen molar-refractivity contribution in [1.29, 1.82) is 0 Å². The number of amides is 1. The Morgan fingerprint density at radius 2 is 2.20 bits per heavy atom. The Morgan fingerprint density at radius 1 is 1.36 bits per heavy atom. The first-order valence-corrected chi connectivity index (χ1v) is 8.90. The summed E-state index contributed by atoms with van der Waals surface area (Å²) in [6.07, 6.45) is 1.56. The van der Waals surface area contributed by atoms with Crippen molar-refractivity contribution in [3.8, 4) is 11.5 Å². The van der Waals surface area contributed by atoms with E-state index in [1.54, 1.807) is 12.3 Å². The molecule has 1 amide bonds. The number of alkyl halides is 1. The number of carbonyl (C=O) groups excluding carboxylic acids is 1. The highest BCUT2D eigenvalue weighted by Crippen LogP contribution is 2.33. The molecule has 0 spiro atoms. The number of aromatic nitrogens is 2. The molecule has 1 N–H and O–H groups in total. The van der Waals surface area contributed by atoms with Gasteiger partial charge in [0.15, 0.2) is 0 Å². The van der Waals surface area contributed by atoms with Crippen molar-refractivity contribution in [2.45, 2.75) is 32.0 Å². The molecule has 3 heterocycles.